The van der Waals surface area contributed by atoms with E-state index in [9.17, 15) is 4.39 Å². The minimum absolute atomic E-state index is 0.266. The Kier molecular flexibility index (Phi) is 4.41. The van der Waals surface area contributed by atoms with Gasteiger partial charge in [-0.15, -0.1) is 0 Å². The van der Waals surface area contributed by atoms with Crippen molar-refractivity contribution in [1.82, 2.24) is 15.0 Å². The molecule has 0 saturated carbocycles. The number of H-pyrrole nitrogens is 1. The first kappa shape index (κ1) is 16.7. The van der Waals surface area contributed by atoms with Gasteiger partial charge in [-0.2, -0.15) is 0 Å². The molecule has 130 valence electrons. The van der Waals surface area contributed by atoms with Gasteiger partial charge >= 0.3 is 0 Å². The fourth-order valence-electron chi connectivity index (χ4n) is 3.00. The molecular formula is C20H16ClFN4. The maximum atomic E-state index is 13.3. The number of halogens is 2. The molecule has 2 heterocycles. The third-order valence-electron chi connectivity index (χ3n) is 4.28. The Morgan fingerprint density at radius 3 is 2.85 bits per heavy atom. The van der Waals surface area contributed by atoms with E-state index in [0.717, 1.165) is 27.7 Å². The number of aromatic amines is 1. The third kappa shape index (κ3) is 3.31. The summed E-state index contributed by atoms with van der Waals surface area (Å²) >= 11 is 6.23. The van der Waals surface area contributed by atoms with Gasteiger partial charge in [0.2, 0.25) is 0 Å². The van der Waals surface area contributed by atoms with Gasteiger partial charge in [0.1, 0.15) is 11.6 Å². The van der Waals surface area contributed by atoms with Crippen LogP contribution in [0.3, 0.4) is 0 Å². The highest BCUT2D eigenvalue weighted by Gasteiger charge is 2.13. The van der Waals surface area contributed by atoms with E-state index in [2.05, 4.69) is 15.0 Å². The van der Waals surface area contributed by atoms with E-state index in [1.807, 2.05) is 30.3 Å². The predicted octanol–water partition coefficient (Wildman–Crippen LogP) is 4.66. The standard InChI is InChI=1S/C20H16ClFN4/c21-16-11-24-7-6-15(16)13-4-5-18-19(10-13)26-20(25-18)17(23)9-12-2-1-3-14(22)8-12/h1-8,10-11,17H,9,23H2,(H,25,26). The fourth-order valence-corrected chi connectivity index (χ4v) is 3.22. The highest BCUT2D eigenvalue weighted by molar-refractivity contribution is 6.33. The van der Waals surface area contributed by atoms with Crippen LogP contribution in [0.5, 0.6) is 0 Å². The van der Waals surface area contributed by atoms with Crippen LogP contribution in [-0.2, 0) is 6.42 Å². The Balaban J connectivity index is 1.64. The van der Waals surface area contributed by atoms with Gasteiger partial charge in [-0.3, -0.25) is 4.98 Å². The SMILES string of the molecule is NC(Cc1cccc(F)c1)c1nc2ccc(-c3ccncc3Cl)cc2[nH]1. The lowest BCUT2D eigenvalue weighted by Gasteiger charge is -2.08. The lowest BCUT2D eigenvalue weighted by Crippen LogP contribution is -2.15. The lowest BCUT2D eigenvalue weighted by molar-refractivity contribution is 0.619. The fraction of sp³-hybridized carbons (Fsp3) is 0.100. The van der Waals surface area contributed by atoms with Crippen molar-refractivity contribution in [3.05, 3.63) is 83.2 Å². The van der Waals surface area contributed by atoms with Crippen LogP contribution in [0.2, 0.25) is 5.02 Å². The minimum atomic E-state index is -0.350. The first-order chi connectivity index (χ1) is 12.6. The summed E-state index contributed by atoms with van der Waals surface area (Å²) in [5.41, 5.74) is 10.7. The van der Waals surface area contributed by atoms with Crippen LogP contribution in [0.4, 0.5) is 4.39 Å². The summed E-state index contributed by atoms with van der Waals surface area (Å²) in [5, 5.41) is 0.592. The van der Waals surface area contributed by atoms with Gasteiger partial charge in [0.05, 0.1) is 22.1 Å². The number of aromatic nitrogens is 3. The normalized spacial score (nSPS) is 12.4. The summed E-state index contributed by atoms with van der Waals surface area (Å²) < 4.78 is 13.3. The van der Waals surface area contributed by atoms with E-state index < -0.39 is 0 Å². The van der Waals surface area contributed by atoms with Crippen LogP contribution in [0, 0.1) is 5.82 Å². The molecule has 1 unspecified atom stereocenters. The van der Waals surface area contributed by atoms with Crippen LogP contribution in [0.15, 0.2) is 60.9 Å². The topological polar surface area (TPSA) is 67.6 Å². The second-order valence-electron chi connectivity index (χ2n) is 6.15. The van der Waals surface area contributed by atoms with Crippen molar-refractivity contribution in [2.45, 2.75) is 12.5 Å². The number of fused-ring (bicyclic) bond motifs is 1. The molecule has 4 aromatic rings. The number of benzene rings is 2. The number of pyridine rings is 1. The highest BCUT2D eigenvalue weighted by atomic mass is 35.5. The zero-order valence-corrected chi connectivity index (χ0v) is 14.5. The molecule has 2 aromatic heterocycles. The van der Waals surface area contributed by atoms with Crippen LogP contribution in [0.1, 0.15) is 17.4 Å². The number of nitrogens with two attached hydrogens (primary N) is 1. The monoisotopic (exact) mass is 366 g/mol. The first-order valence-electron chi connectivity index (χ1n) is 8.20. The van der Waals surface area contributed by atoms with E-state index in [4.69, 9.17) is 17.3 Å². The van der Waals surface area contributed by atoms with E-state index >= 15 is 0 Å². The molecule has 0 fully saturated rings. The van der Waals surface area contributed by atoms with Gasteiger partial charge in [0, 0.05) is 18.0 Å². The van der Waals surface area contributed by atoms with Gasteiger partial charge < -0.3 is 10.7 Å². The zero-order chi connectivity index (χ0) is 18.1. The van der Waals surface area contributed by atoms with Crippen LogP contribution >= 0.6 is 11.6 Å². The summed E-state index contributed by atoms with van der Waals surface area (Å²) in [4.78, 5) is 11.9. The van der Waals surface area contributed by atoms with E-state index in [-0.39, 0.29) is 11.9 Å². The second kappa shape index (κ2) is 6.86. The molecule has 26 heavy (non-hydrogen) atoms. The second-order valence-corrected chi connectivity index (χ2v) is 6.56. The lowest BCUT2D eigenvalue weighted by atomic mass is 10.1. The van der Waals surface area contributed by atoms with Crippen molar-refractivity contribution in [2.75, 3.05) is 0 Å². The number of rotatable bonds is 4. The summed E-state index contributed by atoms with van der Waals surface area (Å²) in [6, 6.07) is 13.8. The Hall–Kier alpha value is -2.76. The Morgan fingerprint density at radius 2 is 2.04 bits per heavy atom. The number of hydrogen-bond acceptors (Lipinski definition) is 3. The zero-order valence-electron chi connectivity index (χ0n) is 13.8. The van der Waals surface area contributed by atoms with Crippen molar-refractivity contribution >= 4 is 22.6 Å². The molecule has 4 rings (SSSR count). The number of nitrogens with one attached hydrogen (secondary N) is 1. The Morgan fingerprint density at radius 1 is 1.15 bits per heavy atom. The molecule has 1 atom stereocenters. The summed E-state index contributed by atoms with van der Waals surface area (Å²) in [6.07, 6.45) is 3.83. The largest absolute Gasteiger partial charge is 0.341 e. The molecule has 0 saturated heterocycles. The molecule has 4 nitrogen and oxygen atoms in total. The molecular weight excluding hydrogens is 351 g/mol. The van der Waals surface area contributed by atoms with Crippen molar-refractivity contribution < 1.29 is 4.39 Å². The summed E-state index contributed by atoms with van der Waals surface area (Å²) in [5.74, 6) is 0.403. The molecule has 0 aliphatic carbocycles. The van der Waals surface area contributed by atoms with Crippen LogP contribution < -0.4 is 5.73 Å². The van der Waals surface area contributed by atoms with Crippen LogP contribution in [0.25, 0.3) is 22.2 Å². The maximum absolute atomic E-state index is 13.3. The van der Waals surface area contributed by atoms with E-state index in [0.29, 0.717) is 17.3 Å². The average Bonchev–Trinajstić information content (AvgIpc) is 3.05. The quantitative estimate of drug-likeness (QED) is 0.552. The third-order valence-corrected chi connectivity index (χ3v) is 4.58. The van der Waals surface area contributed by atoms with E-state index in [1.54, 1.807) is 18.5 Å². The first-order valence-corrected chi connectivity index (χ1v) is 8.57. The molecule has 6 heteroatoms. The average molecular weight is 367 g/mol. The van der Waals surface area contributed by atoms with Gasteiger partial charge in [-0.05, 0) is 47.9 Å². The molecule has 3 N–H and O–H groups in total. The molecule has 0 radical (unpaired) electrons. The molecule has 0 aliphatic heterocycles. The Labute approximate surface area is 154 Å². The van der Waals surface area contributed by atoms with Crippen LogP contribution in [-0.4, -0.2) is 15.0 Å². The van der Waals surface area contributed by atoms with Crippen molar-refractivity contribution in [2.24, 2.45) is 5.73 Å². The summed E-state index contributed by atoms with van der Waals surface area (Å²) in [7, 11) is 0. The minimum Gasteiger partial charge on any atom is -0.341 e. The van der Waals surface area contributed by atoms with Gasteiger partial charge in [-0.1, -0.05) is 29.8 Å². The number of nitrogens with zero attached hydrogens (tertiary/aromatic N) is 2. The molecule has 2 aromatic carbocycles. The molecule has 0 amide bonds. The number of imidazole rings is 1. The number of hydrogen-bond donors (Lipinski definition) is 2. The Bertz CT molecular complexity index is 1080. The molecule has 0 bridgehead atoms. The maximum Gasteiger partial charge on any atom is 0.124 e. The van der Waals surface area contributed by atoms with Gasteiger partial charge in [-0.25, -0.2) is 9.37 Å². The van der Waals surface area contributed by atoms with Crippen molar-refractivity contribution in [3.8, 4) is 11.1 Å². The molecule has 0 aliphatic rings. The van der Waals surface area contributed by atoms with Gasteiger partial charge in [0.15, 0.2) is 0 Å². The summed E-state index contributed by atoms with van der Waals surface area (Å²) in [6.45, 7) is 0. The van der Waals surface area contributed by atoms with E-state index in [1.165, 1.54) is 12.1 Å². The molecule has 0 spiro atoms. The smallest absolute Gasteiger partial charge is 0.124 e. The van der Waals surface area contributed by atoms with Crippen molar-refractivity contribution in [1.29, 1.82) is 0 Å². The van der Waals surface area contributed by atoms with Crippen molar-refractivity contribution in [3.63, 3.8) is 0 Å². The van der Waals surface area contributed by atoms with Gasteiger partial charge in [0.25, 0.3) is 0 Å². The predicted molar refractivity (Wildman–Crippen MR) is 101 cm³/mol. The highest BCUT2D eigenvalue weighted by Crippen LogP contribution is 2.29.